The van der Waals surface area contributed by atoms with Crippen LogP contribution in [0.5, 0.6) is 0 Å². The average molecular weight is 501 g/mol. The Balaban J connectivity index is 1.49. The molecule has 0 amide bonds. The molecule has 0 saturated heterocycles. The SMILES string of the molecule is C=C1[C@@H]2CC[C@@H]3[C@@](CCC4[C@H](C(=O)OC)C/C(=N\NS(=O)(=O)c5ccc(C)cc5)C[C@]43C)(C2)[C@@H]1O. The molecule has 4 fully saturated rings. The van der Waals surface area contributed by atoms with Gasteiger partial charge in [-0.2, -0.15) is 13.5 Å². The number of ether oxygens (including phenoxy) is 1. The number of carbonyl (C=O) groups excluding carboxylic acids is 1. The van der Waals surface area contributed by atoms with Crippen molar-refractivity contribution in [1.29, 1.82) is 0 Å². The fraction of sp³-hybridized carbons (Fsp3) is 0.630. The first kappa shape index (κ1) is 24.5. The maximum atomic E-state index is 12.9. The number of hydrogen-bond acceptors (Lipinski definition) is 6. The van der Waals surface area contributed by atoms with Crippen LogP contribution in [0.4, 0.5) is 0 Å². The fourth-order valence-corrected chi connectivity index (χ4v) is 9.03. The van der Waals surface area contributed by atoms with E-state index < -0.39 is 16.1 Å². The summed E-state index contributed by atoms with van der Waals surface area (Å²) in [5, 5.41) is 15.7. The van der Waals surface area contributed by atoms with Crippen molar-refractivity contribution >= 4 is 21.7 Å². The number of nitrogens with zero attached hydrogens (tertiary/aromatic N) is 1. The highest BCUT2D eigenvalue weighted by atomic mass is 32.2. The Hall–Kier alpha value is -2.19. The van der Waals surface area contributed by atoms with E-state index in [0.717, 1.165) is 43.2 Å². The molecule has 1 unspecified atom stereocenters. The third kappa shape index (κ3) is 3.75. The number of aryl methyl sites for hydroxylation is 1. The molecule has 7 atom stereocenters. The van der Waals surface area contributed by atoms with E-state index in [4.69, 9.17) is 4.74 Å². The Morgan fingerprint density at radius 3 is 2.63 bits per heavy atom. The molecule has 0 aliphatic heterocycles. The summed E-state index contributed by atoms with van der Waals surface area (Å²) in [4.78, 5) is 15.5. The first-order chi connectivity index (χ1) is 16.5. The number of fused-ring (bicyclic) bond motifs is 3. The molecule has 4 saturated carbocycles. The van der Waals surface area contributed by atoms with Crippen molar-refractivity contribution < 1.29 is 23.1 Å². The predicted molar refractivity (Wildman–Crippen MR) is 133 cm³/mol. The number of aliphatic hydroxyl groups is 1. The van der Waals surface area contributed by atoms with Crippen LogP contribution >= 0.6 is 0 Å². The summed E-state index contributed by atoms with van der Waals surface area (Å²) in [6.07, 6.45) is 5.11. The molecule has 35 heavy (non-hydrogen) atoms. The summed E-state index contributed by atoms with van der Waals surface area (Å²) in [7, 11) is -2.42. The van der Waals surface area contributed by atoms with Crippen LogP contribution in [-0.4, -0.2) is 38.4 Å². The molecule has 0 aromatic heterocycles. The predicted octanol–water partition coefficient (Wildman–Crippen LogP) is 3.96. The normalized spacial score (nSPS) is 39.6. The zero-order chi connectivity index (χ0) is 25.2. The number of esters is 1. The second-order valence-electron chi connectivity index (χ2n) is 11.5. The minimum atomic E-state index is -3.82. The van der Waals surface area contributed by atoms with Crippen molar-refractivity contribution in [1.82, 2.24) is 4.83 Å². The molecule has 7 nitrogen and oxygen atoms in total. The van der Waals surface area contributed by atoms with E-state index in [-0.39, 0.29) is 39.4 Å². The van der Waals surface area contributed by atoms with E-state index in [1.807, 2.05) is 6.92 Å². The monoisotopic (exact) mass is 500 g/mol. The Bertz CT molecular complexity index is 1180. The van der Waals surface area contributed by atoms with E-state index in [0.29, 0.717) is 24.5 Å². The number of benzene rings is 1. The van der Waals surface area contributed by atoms with Crippen LogP contribution in [0.25, 0.3) is 0 Å². The molecule has 1 spiro atoms. The molecule has 2 N–H and O–H groups in total. The largest absolute Gasteiger partial charge is 0.469 e. The van der Waals surface area contributed by atoms with Gasteiger partial charge in [-0.15, -0.1) is 0 Å². The Labute approximate surface area is 208 Å². The van der Waals surface area contributed by atoms with Gasteiger partial charge in [-0.3, -0.25) is 4.79 Å². The van der Waals surface area contributed by atoms with Crippen LogP contribution in [0.1, 0.15) is 57.4 Å². The van der Waals surface area contributed by atoms with Gasteiger partial charge < -0.3 is 9.84 Å². The van der Waals surface area contributed by atoms with Crippen molar-refractivity contribution in [3.8, 4) is 0 Å². The summed E-state index contributed by atoms with van der Waals surface area (Å²) in [5.41, 5.74) is 2.10. The van der Waals surface area contributed by atoms with Crippen LogP contribution < -0.4 is 4.83 Å². The number of nitrogens with one attached hydrogen (secondary N) is 1. The third-order valence-corrected chi connectivity index (χ3v) is 11.0. The van der Waals surface area contributed by atoms with Gasteiger partial charge in [0.15, 0.2) is 0 Å². The lowest BCUT2D eigenvalue weighted by Gasteiger charge is -2.61. The van der Waals surface area contributed by atoms with E-state index >= 15 is 0 Å². The van der Waals surface area contributed by atoms with Crippen LogP contribution in [-0.2, 0) is 19.6 Å². The van der Waals surface area contributed by atoms with Crippen LogP contribution in [0.15, 0.2) is 46.4 Å². The topological polar surface area (TPSA) is 105 Å². The van der Waals surface area contributed by atoms with E-state index in [1.54, 1.807) is 24.3 Å². The molecule has 2 bridgehead atoms. The summed E-state index contributed by atoms with van der Waals surface area (Å²) in [5.74, 6) is 0.0477. The molecule has 4 aliphatic carbocycles. The van der Waals surface area contributed by atoms with Crippen LogP contribution in [0, 0.1) is 41.4 Å². The standard InChI is InChI=1S/C27H36N2O5S/c1-16-5-8-20(9-6-16)35(32,33)29-28-19-13-21(25(31)34-4)22-11-12-27-14-18(17(2)24(27)30)7-10-23(27)26(22,3)15-19/h5-6,8-9,18,21-24,29-30H,2,7,10-15H2,1,3-4H3/b28-19+/t18-,21-,22?,23+,24-,26-,27-/m1/s1. The highest BCUT2D eigenvalue weighted by Gasteiger charge is 2.66. The lowest BCUT2D eigenvalue weighted by molar-refractivity contribution is -0.165. The van der Waals surface area contributed by atoms with E-state index in [1.165, 1.54) is 7.11 Å². The van der Waals surface area contributed by atoms with Crippen LogP contribution in [0.2, 0.25) is 0 Å². The Morgan fingerprint density at radius 1 is 1.23 bits per heavy atom. The van der Waals surface area contributed by atoms with Crippen molar-refractivity contribution in [2.45, 2.75) is 69.8 Å². The average Bonchev–Trinajstić information content (AvgIpc) is 3.01. The van der Waals surface area contributed by atoms with Crippen LogP contribution in [0.3, 0.4) is 0 Å². The van der Waals surface area contributed by atoms with Crippen molar-refractivity contribution in [2.24, 2.45) is 39.6 Å². The molecular formula is C27H36N2O5S. The fourth-order valence-electron chi connectivity index (χ4n) is 8.18. The number of hydrogen-bond donors (Lipinski definition) is 2. The first-order valence-corrected chi connectivity index (χ1v) is 14.1. The number of sulfonamides is 1. The van der Waals surface area contributed by atoms with Gasteiger partial charge in [0.05, 0.1) is 24.0 Å². The van der Waals surface area contributed by atoms with Gasteiger partial charge in [0.25, 0.3) is 10.0 Å². The molecule has 8 heteroatoms. The maximum absolute atomic E-state index is 12.9. The molecule has 0 radical (unpaired) electrons. The minimum Gasteiger partial charge on any atom is -0.469 e. The summed E-state index contributed by atoms with van der Waals surface area (Å²) >= 11 is 0. The lowest BCUT2D eigenvalue weighted by atomic mass is 9.43. The number of methoxy groups -OCH3 is 1. The molecule has 1 aromatic rings. The second kappa shape index (κ2) is 8.44. The maximum Gasteiger partial charge on any atom is 0.309 e. The van der Waals surface area contributed by atoms with Crippen molar-refractivity contribution in [3.05, 3.63) is 42.0 Å². The molecule has 0 heterocycles. The van der Waals surface area contributed by atoms with Gasteiger partial charge >= 0.3 is 5.97 Å². The third-order valence-electron chi connectivity index (χ3n) is 9.79. The van der Waals surface area contributed by atoms with Gasteiger partial charge in [0.2, 0.25) is 0 Å². The molecule has 4 aliphatic rings. The highest BCUT2D eigenvalue weighted by Crippen LogP contribution is 2.70. The van der Waals surface area contributed by atoms with Crippen molar-refractivity contribution in [3.63, 3.8) is 0 Å². The number of carbonyl (C=O) groups is 1. The van der Waals surface area contributed by atoms with E-state index in [2.05, 4.69) is 23.4 Å². The quantitative estimate of drug-likeness (QED) is 0.370. The summed E-state index contributed by atoms with van der Waals surface area (Å²) < 4.78 is 31.0. The van der Waals surface area contributed by atoms with Gasteiger partial charge in [0, 0.05) is 17.5 Å². The van der Waals surface area contributed by atoms with Gasteiger partial charge in [-0.1, -0.05) is 31.2 Å². The second-order valence-corrected chi connectivity index (χ2v) is 13.1. The Morgan fingerprint density at radius 2 is 1.94 bits per heavy atom. The zero-order valence-electron chi connectivity index (χ0n) is 20.8. The first-order valence-electron chi connectivity index (χ1n) is 12.6. The van der Waals surface area contributed by atoms with Gasteiger partial charge in [-0.05, 0) is 86.3 Å². The lowest BCUT2D eigenvalue weighted by Crippen LogP contribution is -2.59. The minimum absolute atomic E-state index is 0.107. The van der Waals surface area contributed by atoms with Gasteiger partial charge in [0.1, 0.15) is 0 Å². The Kier molecular flexibility index (Phi) is 5.91. The van der Waals surface area contributed by atoms with Crippen molar-refractivity contribution in [2.75, 3.05) is 7.11 Å². The number of aliphatic hydroxyl groups excluding tert-OH is 1. The smallest absolute Gasteiger partial charge is 0.309 e. The molecular weight excluding hydrogens is 464 g/mol. The molecule has 5 rings (SSSR count). The van der Waals surface area contributed by atoms with E-state index in [9.17, 15) is 18.3 Å². The summed E-state index contributed by atoms with van der Waals surface area (Å²) in [6, 6.07) is 6.62. The highest BCUT2D eigenvalue weighted by molar-refractivity contribution is 7.89. The zero-order valence-corrected chi connectivity index (χ0v) is 21.6. The number of rotatable bonds is 4. The summed E-state index contributed by atoms with van der Waals surface area (Å²) in [6.45, 7) is 8.35. The molecule has 1 aromatic carbocycles. The van der Waals surface area contributed by atoms with Gasteiger partial charge in [-0.25, -0.2) is 4.83 Å². The number of hydrazone groups is 1. The molecule has 190 valence electrons.